The van der Waals surface area contributed by atoms with Gasteiger partial charge in [-0.3, -0.25) is 4.90 Å². The van der Waals surface area contributed by atoms with E-state index in [0.29, 0.717) is 6.04 Å². The highest BCUT2D eigenvalue weighted by atomic mass is 32.1. The molecule has 1 saturated heterocycles. The van der Waals surface area contributed by atoms with Crippen molar-refractivity contribution in [2.24, 2.45) is 0 Å². The molecule has 0 aromatic carbocycles. The monoisotopic (exact) mass is 283 g/mol. The lowest BCUT2D eigenvalue weighted by molar-refractivity contribution is 0.0344. The second kappa shape index (κ2) is 7.94. The average Bonchev–Trinajstić information content (AvgIpc) is 2.88. The number of hydrogen-bond donors (Lipinski definition) is 1. The van der Waals surface area contributed by atoms with Gasteiger partial charge in [0.15, 0.2) is 0 Å². The fourth-order valence-electron chi connectivity index (χ4n) is 2.29. The Balaban J connectivity index is 1.61. The van der Waals surface area contributed by atoms with Crippen molar-refractivity contribution in [1.82, 2.24) is 15.2 Å². The summed E-state index contributed by atoms with van der Waals surface area (Å²) in [5, 5.41) is 7.02. The maximum absolute atomic E-state index is 5.36. The molecule has 1 unspecified atom stereocenters. The van der Waals surface area contributed by atoms with Crippen molar-refractivity contribution >= 4 is 11.3 Å². The SMILES string of the molecule is CCc1csc(CCNC(C)CN2CCOCC2)n1. The van der Waals surface area contributed by atoms with E-state index in [4.69, 9.17) is 4.74 Å². The van der Waals surface area contributed by atoms with Gasteiger partial charge in [-0.15, -0.1) is 11.3 Å². The van der Waals surface area contributed by atoms with Gasteiger partial charge >= 0.3 is 0 Å². The van der Waals surface area contributed by atoms with Crippen LogP contribution in [0.25, 0.3) is 0 Å². The molecule has 0 radical (unpaired) electrons. The van der Waals surface area contributed by atoms with Crippen LogP contribution in [0.3, 0.4) is 0 Å². The standard InChI is InChI=1S/C14H25N3OS/c1-3-13-11-19-14(16-13)4-5-15-12(2)10-17-6-8-18-9-7-17/h11-12,15H,3-10H2,1-2H3. The molecule has 5 heteroatoms. The summed E-state index contributed by atoms with van der Waals surface area (Å²) in [6, 6.07) is 0.531. The van der Waals surface area contributed by atoms with E-state index in [1.54, 1.807) is 11.3 Å². The molecule has 4 nitrogen and oxygen atoms in total. The van der Waals surface area contributed by atoms with Gasteiger partial charge in [0.1, 0.15) is 0 Å². The molecule has 0 amide bonds. The molecule has 108 valence electrons. The number of nitrogens with zero attached hydrogens (tertiary/aromatic N) is 2. The molecule has 0 bridgehead atoms. The minimum Gasteiger partial charge on any atom is -0.379 e. The number of nitrogens with one attached hydrogen (secondary N) is 1. The Morgan fingerprint density at radius 1 is 1.47 bits per heavy atom. The highest BCUT2D eigenvalue weighted by Gasteiger charge is 2.13. The van der Waals surface area contributed by atoms with Gasteiger partial charge in [0.25, 0.3) is 0 Å². The number of aromatic nitrogens is 1. The van der Waals surface area contributed by atoms with Gasteiger partial charge in [0.2, 0.25) is 0 Å². The fourth-order valence-corrected chi connectivity index (χ4v) is 3.17. The summed E-state index contributed by atoms with van der Waals surface area (Å²) in [6.07, 6.45) is 2.08. The Hall–Kier alpha value is -0.490. The quantitative estimate of drug-likeness (QED) is 0.824. The number of hydrogen-bond acceptors (Lipinski definition) is 5. The van der Waals surface area contributed by atoms with E-state index in [1.807, 2.05) is 0 Å². The van der Waals surface area contributed by atoms with E-state index in [9.17, 15) is 0 Å². The lowest BCUT2D eigenvalue weighted by Crippen LogP contribution is -2.44. The molecule has 1 aromatic rings. The molecule has 0 saturated carbocycles. The highest BCUT2D eigenvalue weighted by molar-refractivity contribution is 7.09. The summed E-state index contributed by atoms with van der Waals surface area (Å²) in [6.45, 7) is 10.4. The van der Waals surface area contributed by atoms with E-state index in [2.05, 4.69) is 34.4 Å². The van der Waals surface area contributed by atoms with Crippen LogP contribution >= 0.6 is 11.3 Å². The minimum atomic E-state index is 0.531. The van der Waals surface area contributed by atoms with E-state index in [0.717, 1.165) is 52.2 Å². The largest absolute Gasteiger partial charge is 0.379 e. The first-order valence-corrected chi connectivity index (χ1v) is 8.12. The van der Waals surface area contributed by atoms with Gasteiger partial charge in [-0.25, -0.2) is 4.98 Å². The van der Waals surface area contributed by atoms with Crippen LogP contribution in [0.2, 0.25) is 0 Å². The number of morpholine rings is 1. The molecule has 0 aliphatic carbocycles. The molecule has 1 atom stereocenters. The van der Waals surface area contributed by atoms with Gasteiger partial charge in [-0.2, -0.15) is 0 Å². The van der Waals surface area contributed by atoms with Crippen LogP contribution in [0, 0.1) is 0 Å². The number of rotatable bonds is 7. The Morgan fingerprint density at radius 2 is 2.26 bits per heavy atom. The van der Waals surface area contributed by atoms with Crippen LogP contribution in [0.1, 0.15) is 24.5 Å². The van der Waals surface area contributed by atoms with Gasteiger partial charge < -0.3 is 10.1 Å². The zero-order valence-corrected chi connectivity index (χ0v) is 12.8. The van der Waals surface area contributed by atoms with Crippen LogP contribution in [0.4, 0.5) is 0 Å². The van der Waals surface area contributed by atoms with Crippen molar-refractivity contribution in [2.45, 2.75) is 32.7 Å². The van der Waals surface area contributed by atoms with Crippen LogP contribution < -0.4 is 5.32 Å². The molecular weight excluding hydrogens is 258 g/mol. The highest BCUT2D eigenvalue weighted by Crippen LogP contribution is 2.10. The van der Waals surface area contributed by atoms with Crippen molar-refractivity contribution < 1.29 is 4.74 Å². The minimum absolute atomic E-state index is 0.531. The van der Waals surface area contributed by atoms with E-state index in [-0.39, 0.29) is 0 Å². The van der Waals surface area contributed by atoms with Gasteiger partial charge in [-0.1, -0.05) is 6.92 Å². The van der Waals surface area contributed by atoms with Gasteiger partial charge in [0, 0.05) is 44.0 Å². The number of thiazole rings is 1. The molecule has 19 heavy (non-hydrogen) atoms. The zero-order valence-electron chi connectivity index (χ0n) is 12.0. The molecule has 1 aliphatic rings. The molecule has 2 heterocycles. The lowest BCUT2D eigenvalue weighted by atomic mass is 10.2. The summed E-state index contributed by atoms with van der Waals surface area (Å²) >= 11 is 1.78. The summed E-state index contributed by atoms with van der Waals surface area (Å²) in [5.41, 5.74) is 1.22. The second-order valence-corrected chi connectivity index (χ2v) is 6.05. The lowest BCUT2D eigenvalue weighted by Gasteiger charge is -2.29. The average molecular weight is 283 g/mol. The summed E-state index contributed by atoms with van der Waals surface area (Å²) in [4.78, 5) is 7.06. The number of ether oxygens (including phenoxy) is 1. The summed E-state index contributed by atoms with van der Waals surface area (Å²) in [5.74, 6) is 0. The van der Waals surface area contributed by atoms with E-state index < -0.39 is 0 Å². The smallest absolute Gasteiger partial charge is 0.0940 e. The predicted octanol–water partition coefficient (Wildman–Crippen LogP) is 1.56. The van der Waals surface area contributed by atoms with Gasteiger partial charge in [0.05, 0.1) is 23.9 Å². The third-order valence-corrected chi connectivity index (χ3v) is 4.39. The molecular formula is C14H25N3OS. The Morgan fingerprint density at radius 3 is 2.95 bits per heavy atom. The fraction of sp³-hybridized carbons (Fsp3) is 0.786. The van der Waals surface area contributed by atoms with Crippen LogP contribution in [-0.2, 0) is 17.6 Å². The third kappa shape index (κ3) is 5.18. The zero-order chi connectivity index (χ0) is 13.5. The Kier molecular flexibility index (Phi) is 6.23. The van der Waals surface area contributed by atoms with Crippen LogP contribution in [-0.4, -0.2) is 55.3 Å². The van der Waals surface area contributed by atoms with Crippen LogP contribution in [0.15, 0.2) is 5.38 Å². The third-order valence-electron chi connectivity index (χ3n) is 3.43. The molecule has 1 fully saturated rings. The summed E-state index contributed by atoms with van der Waals surface area (Å²) < 4.78 is 5.36. The van der Waals surface area contributed by atoms with E-state index >= 15 is 0 Å². The topological polar surface area (TPSA) is 37.4 Å². The maximum Gasteiger partial charge on any atom is 0.0940 e. The first-order valence-electron chi connectivity index (χ1n) is 7.24. The van der Waals surface area contributed by atoms with Crippen molar-refractivity contribution in [3.63, 3.8) is 0 Å². The maximum atomic E-state index is 5.36. The predicted molar refractivity (Wildman–Crippen MR) is 79.9 cm³/mol. The van der Waals surface area contributed by atoms with Crippen molar-refractivity contribution in [1.29, 1.82) is 0 Å². The first kappa shape index (κ1) is 14.9. The van der Waals surface area contributed by atoms with Crippen molar-refractivity contribution in [2.75, 3.05) is 39.4 Å². The normalized spacial score (nSPS) is 18.6. The number of aryl methyl sites for hydroxylation is 1. The Bertz CT molecular complexity index is 363. The second-order valence-electron chi connectivity index (χ2n) is 5.10. The molecule has 1 aromatic heterocycles. The van der Waals surface area contributed by atoms with Crippen LogP contribution in [0.5, 0.6) is 0 Å². The molecule has 0 spiro atoms. The molecule has 2 rings (SSSR count). The van der Waals surface area contributed by atoms with Crippen molar-refractivity contribution in [3.8, 4) is 0 Å². The Labute approximate surface area is 120 Å². The van der Waals surface area contributed by atoms with Gasteiger partial charge in [-0.05, 0) is 13.3 Å². The van der Waals surface area contributed by atoms with E-state index in [1.165, 1.54) is 10.7 Å². The summed E-state index contributed by atoms with van der Waals surface area (Å²) in [7, 11) is 0. The molecule has 1 N–H and O–H groups in total. The molecule has 1 aliphatic heterocycles. The van der Waals surface area contributed by atoms with Crippen molar-refractivity contribution in [3.05, 3.63) is 16.1 Å². The first-order chi connectivity index (χ1) is 9.28.